The second-order valence-electron chi connectivity index (χ2n) is 5.11. The summed E-state index contributed by atoms with van der Waals surface area (Å²) >= 11 is 0. The van der Waals surface area contributed by atoms with Gasteiger partial charge in [0.1, 0.15) is 0 Å². The summed E-state index contributed by atoms with van der Waals surface area (Å²) in [6.07, 6.45) is 1.87. The van der Waals surface area contributed by atoms with Gasteiger partial charge < -0.3 is 5.32 Å². The van der Waals surface area contributed by atoms with Gasteiger partial charge in [-0.05, 0) is 37.1 Å². The van der Waals surface area contributed by atoms with Crippen molar-refractivity contribution >= 4 is 0 Å². The van der Waals surface area contributed by atoms with Crippen molar-refractivity contribution in [2.45, 2.75) is 39.3 Å². The largest absolute Gasteiger partial charge is 0.308 e. The van der Waals surface area contributed by atoms with Crippen molar-refractivity contribution in [3.8, 4) is 0 Å². The number of hydrogen-bond donors (Lipinski definition) is 1. The molecule has 0 aliphatic rings. The highest BCUT2D eigenvalue weighted by Gasteiger charge is 2.16. The average molecular weight is 257 g/mol. The topological polar surface area (TPSA) is 29.9 Å². The van der Waals surface area contributed by atoms with Gasteiger partial charge in [-0.25, -0.2) is 0 Å². The Labute approximate surface area is 115 Å². The van der Waals surface area contributed by atoms with Crippen LogP contribution in [-0.2, 0) is 6.54 Å². The van der Waals surface area contributed by atoms with E-state index in [0.29, 0.717) is 5.92 Å². The smallest absolute Gasteiger partial charge is 0.0745 e. The zero-order valence-electron chi connectivity index (χ0n) is 12.2. The fraction of sp³-hybridized carbons (Fsp3) is 0.438. The van der Waals surface area contributed by atoms with E-state index in [0.717, 1.165) is 6.54 Å². The third kappa shape index (κ3) is 2.87. The molecule has 1 unspecified atom stereocenters. The van der Waals surface area contributed by atoms with E-state index in [9.17, 15) is 0 Å². The molecule has 0 aliphatic carbocycles. The summed E-state index contributed by atoms with van der Waals surface area (Å²) in [4.78, 5) is 0. The van der Waals surface area contributed by atoms with Crippen molar-refractivity contribution in [3.05, 3.63) is 53.3 Å². The van der Waals surface area contributed by atoms with Gasteiger partial charge in [0.25, 0.3) is 0 Å². The van der Waals surface area contributed by atoms with Crippen molar-refractivity contribution in [1.82, 2.24) is 15.1 Å². The molecule has 0 spiro atoms. The number of aromatic nitrogens is 2. The van der Waals surface area contributed by atoms with Gasteiger partial charge in [-0.1, -0.05) is 38.1 Å². The first-order valence-electron chi connectivity index (χ1n) is 6.96. The van der Waals surface area contributed by atoms with E-state index >= 15 is 0 Å². The van der Waals surface area contributed by atoms with E-state index < -0.39 is 0 Å². The maximum Gasteiger partial charge on any atom is 0.0745 e. The molecule has 2 rings (SSSR count). The summed E-state index contributed by atoms with van der Waals surface area (Å²) in [6.45, 7) is 7.45. The molecule has 1 heterocycles. The van der Waals surface area contributed by atoms with Gasteiger partial charge in [0.05, 0.1) is 11.7 Å². The number of rotatable bonds is 5. The van der Waals surface area contributed by atoms with Crippen LogP contribution in [0.15, 0.2) is 36.5 Å². The Bertz CT molecular complexity index is 511. The third-order valence-electron chi connectivity index (χ3n) is 3.57. The molecule has 1 atom stereocenters. The summed E-state index contributed by atoms with van der Waals surface area (Å²) < 4.78 is 2.04. The van der Waals surface area contributed by atoms with Gasteiger partial charge in [0.15, 0.2) is 0 Å². The fourth-order valence-corrected chi connectivity index (χ4v) is 2.41. The Hall–Kier alpha value is -1.61. The lowest BCUT2D eigenvalue weighted by molar-refractivity contribution is 0.563. The average Bonchev–Trinajstić information content (AvgIpc) is 2.88. The van der Waals surface area contributed by atoms with Crippen LogP contribution in [0.2, 0.25) is 0 Å². The van der Waals surface area contributed by atoms with Crippen molar-refractivity contribution in [2.24, 2.45) is 0 Å². The van der Waals surface area contributed by atoms with Crippen LogP contribution in [-0.4, -0.2) is 16.8 Å². The SMILES string of the molecule is CCn1nccc1C(NC)c1ccc(C(C)C)cc1. The van der Waals surface area contributed by atoms with Gasteiger partial charge in [0.2, 0.25) is 0 Å². The van der Waals surface area contributed by atoms with Crippen molar-refractivity contribution in [1.29, 1.82) is 0 Å². The Morgan fingerprint density at radius 2 is 1.74 bits per heavy atom. The molecule has 3 heteroatoms. The number of nitrogens with one attached hydrogen (secondary N) is 1. The van der Waals surface area contributed by atoms with E-state index in [2.05, 4.69) is 61.5 Å². The number of nitrogens with zero attached hydrogens (tertiary/aromatic N) is 2. The predicted molar refractivity (Wildman–Crippen MR) is 79.3 cm³/mol. The van der Waals surface area contributed by atoms with Crippen LogP contribution in [0.5, 0.6) is 0 Å². The van der Waals surface area contributed by atoms with Crippen molar-refractivity contribution < 1.29 is 0 Å². The number of hydrogen-bond acceptors (Lipinski definition) is 2. The predicted octanol–water partition coefficient (Wildman–Crippen LogP) is 3.34. The molecule has 0 bridgehead atoms. The molecule has 3 nitrogen and oxygen atoms in total. The molecule has 1 aromatic carbocycles. The van der Waals surface area contributed by atoms with Gasteiger partial charge in [-0.2, -0.15) is 5.10 Å². The highest BCUT2D eigenvalue weighted by atomic mass is 15.3. The van der Waals surface area contributed by atoms with Crippen molar-refractivity contribution in [2.75, 3.05) is 7.05 Å². The first kappa shape index (κ1) is 13.8. The minimum absolute atomic E-state index is 0.198. The van der Waals surface area contributed by atoms with Crippen LogP contribution in [0, 0.1) is 0 Å². The van der Waals surface area contributed by atoms with Gasteiger partial charge in [0, 0.05) is 12.7 Å². The monoisotopic (exact) mass is 257 g/mol. The van der Waals surface area contributed by atoms with E-state index in [1.165, 1.54) is 16.8 Å². The Kier molecular flexibility index (Phi) is 4.38. The summed E-state index contributed by atoms with van der Waals surface area (Å²) in [5.41, 5.74) is 3.87. The van der Waals surface area contributed by atoms with Crippen LogP contribution in [0.3, 0.4) is 0 Å². The number of benzene rings is 1. The van der Waals surface area contributed by atoms with Crippen LogP contribution < -0.4 is 5.32 Å². The maximum absolute atomic E-state index is 4.35. The van der Waals surface area contributed by atoms with Crippen LogP contribution in [0.25, 0.3) is 0 Å². The normalized spacial score (nSPS) is 12.9. The first-order chi connectivity index (χ1) is 9.17. The molecule has 19 heavy (non-hydrogen) atoms. The lowest BCUT2D eigenvalue weighted by atomic mass is 9.98. The molecule has 2 aromatic rings. The summed E-state index contributed by atoms with van der Waals surface area (Å²) in [6, 6.07) is 11.1. The number of aryl methyl sites for hydroxylation is 1. The molecule has 0 aliphatic heterocycles. The van der Waals surface area contributed by atoms with Crippen LogP contribution in [0.4, 0.5) is 0 Å². The molecule has 1 aromatic heterocycles. The van der Waals surface area contributed by atoms with Gasteiger partial charge in [-0.3, -0.25) is 4.68 Å². The zero-order valence-corrected chi connectivity index (χ0v) is 12.2. The van der Waals surface area contributed by atoms with E-state index in [-0.39, 0.29) is 6.04 Å². The first-order valence-corrected chi connectivity index (χ1v) is 6.96. The van der Waals surface area contributed by atoms with E-state index in [4.69, 9.17) is 0 Å². The second-order valence-corrected chi connectivity index (χ2v) is 5.11. The van der Waals surface area contributed by atoms with E-state index in [1.807, 2.05) is 17.9 Å². The molecular formula is C16H23N3. The standard InChI is InChI=1S/C16H23N3/c1-5-19-15(10-11-18-19)16(17-4)14-8-6-13(7-9-14)12(2)3/h6-12,16-17H,5H2,1-4H3. The summed E-state index contributed by atoms with van der Waals surface area (Å²) in [7, 11) is 1.99. The van der Waals surface area contributed by atoms with Crippen LogP contribution >= 0.6 is 0 Å². The molecule has 102 valence electrons. The molecular weight excluding hydrogens is 234 g/mol. The quantitative estimate of drug-likeness (QED) is 0.890. The molecule has 0 saturated heterocycles. The molecule has 1 N–H and O–H groups in total. The molecule has 0 saturated carbocycles. The molecule has 0 amide bonds. The second kappa shape index (κ2) is 6.02. The molecule has 0 radical (unpaired) electrons. The highest BCUT2D eigenvalue weighted by molar-refractivity contribution is 5.31. The Morgan fingerprint density at radius 1 is 1.11 bits per heavy atom. The van der Waals surface area contributed by atoms with E-state index in [1.54, 1.807) is 0 Å². The molecule has 0 fully saturated rings. The summed E-state index contributed by atoms with van der Waals surface area (Å²) in [5, 5.41) is 7.73. The van der Waals surface area contributed by atoms with Gasteiger partial charge >= 0.3 is 0 Å². The fourth-order valence-electron chi connectivity index (χ4n) is 2.41. The maximum atomic E-state index is 4.35. The Balaban J connectivity index is 2.32. The Morgan fingerprint density at radius 3 is 2.26 bits per heavy atom. The lowest BCUT2D eigenvalue weighted by Crippen LogP contribution is -2.21. The zero-order chi connectivity index (χ0) is 13.8. The van der Waals surface area contributed by atoms with Crippen molar-refractivity contribution in [3.63, 3.8) is 0 Å². The highest BCUT2D eigenvalue weighted by Crippen LogP contribution is 2.23. The minimum atomic E-state index is 0.198. The summed E-state index contributed by atoms with van der Waals surface area (Å²) in [5.74, 6) is 0.572. The van der Waals surface area contributed by atoms with Gasteiger partial charge in [-0.15, -0.1) is 0 Å². The third-order valence-corrected chi connectivity index (χ3v) is 3.57. The van der Waals surface area contributed by atoms with Crippen LogP contribution in [0.1, 0.15) is 49.6 Å². The minimum Gasteiger partial charge on any atom is -0.308 e. The lowest BCUT2D eigenvalue weighted by Gasteiger charge is -2.18.